The van der Waals surface area contributed by atoms with E-state index in [9.17, 15) is 4.79 Å². The Morgan fingerprint density at radius 2 is 1.94 bits per heavy atom. The molecule has 0 saturated heterocycles. The van der Waals surface area contributed by atoms with Gasteiger partial charge in [-0.2, -0.15) is 4.68 Å². The first kappa shape index (κ1) is 21.0. The standard InChI is InChI=1S/C21H23N5O4S/c1-3-25(13-15-4-9-18-19(12-15)30-11-10-29-18)20(27)14-31-21-22-23-24-26(21)16-5-7-17(28-2)8-6-16/h4-9,12H,3,10-11,13-14H2,1-2H3. The van der Waals surface area contributed by atoms with E-state index in [0.717, 1.165) is 28.5 Å². The highest BCUT2D eigenvalue weighted by Gasteiger charge is 2.18. The Morgan fingerprint density at radius 1 is 1.16 bits per heavy atom. The van der Waals surface area contributed by atoms with E-state index in [1.807, 2.05) is 49.4 Å². The summed E-state index contributed by atoms with van der Waals surface area (Å²) in [7, 11) is 1.61. The number of fused-ring (bicyclic) bond motifs is 1. The maximum atomic E-state index is 12.8. The Morgan fingerprint density at radius 3 is 2.68 bits per heavy atom. The molecule has 3 aromatic rings. The molecule has 0 aliphatic carbocycles. The molecule has 0 spiro atoms. The third-order valence-electron chi connectivity index (χ3n) is 4.80. The highest BCUT2D eigenvalue weighted by Crippen LogP contribution is 2.31. The zero-order valence-corrected chi connectivity index (χ0v) is 18.2. The summed E-state index contributed by atoms with van der Waals surface area (Å²) in [6, 6.07) is 13.2. The topological polar surface area (TPSA) is 91.6 Å². The number of hydrogen-bond donors (Lipinski definition) is 0. The maximum absolute atomic E-state index is 12.8. The number of ether oxygens (including phenoxy) is 3. The highest BCUT2D eigenvalue weighted by atomic mass is 32.2. The van der Waals surface area contributed by atoms with Crippen LogP contribution >= 0.6 is 11.8 Å². The molecule has 1 amide bonds. The fourth-order valence-corrected chi connectivity index (χ4v) is 3.95. The minimum Gasteiger partial charge on any atom is -0.497 e. The average Bonchev–Trinajstić information content (AvgIpc) is 3.29. The molecule has 1 aromatic heterocycles. The van der Waals surface area contributed by atoms with Crippen LogP contribution in [0.5, 0.6) is 17.2 Å². The fourth-order valence-electron chi connectivity index (χ4n) is 3.15. The summed E-state index contributed by atoms with van der Waals surface area (Å²) in [4.78, 5) is 14.6. The second-order valence-electron chi connectivity index (χ2n) is 6.75. The minimum atomic E-state index is 0.00618. The van der Waals surface area contributed by atoms with Crippen LogP contribution in [0.3, 0.4) is 0 Å². The molecule has 2 aromatic carbocycles. The Hall–Kier alpha value is -3.27. The monoisotopic (exact) mass is 441 g/mol. The van der Waals surface area contributed by atoms with Crippen molar-refractivity contribution in [1.82, 2.24) is 25.1 Å². The normalized spacial score (nSPS) is 12.5. The molecular formula is C21H23N5O4S. The molecule has 1 aliphatic heterocycles. The van der Waals surface area contributed by atoms with Crippen molar-refractivity contribution in [3.63, 3.8) is 0 Å². The van der Waals surface area contributed by atoms with Gasteiger partial charge in [-0.25, -0.2) is 0 Å². The van der Waals surface area contributed by atoms with E-state index < -0.39 is 0 Å². The van der Waals surface area contributed by atoms with Gasteiger partial charge in [0.15, 0.2) is 11.5 Å². The molecule has 162 valence electrons. The number of tetrazole rings is 1. The van der Waals surface area contributed by atoms with E-state index in [-0.39, 0.29) is 11.7 Å². The summed E-state index contributed by atoms with van der Waals surface area (Å²) in [5.41, 5.74) is 1.79. The lowest BCUT2D eigenvalue weighted by atomic mass is 10.2. The zero-order chi connectivity index (χ0) is 21.6. The highest BCUT2D eigenvalue weighted by molar-refractivity contribution is 7.99. The van der Waals surface area contributed by atoms with Crippen LogP contribution in [-0.2, 0) is 11.3 Å². The first-order valence-corrected chi connectivity index (χ1v) is 10.9. The van der Waals surface area contributed by atoms with Crippen molar-refractivity contribution >= 4 is 17.7 Å². The van der Waals surface area contributed by atoms with Crippen LogP contribution in [0.25, 0.3) is 5.69 Å². The van der Waals surface area contributed by atoms with Crippen molar-refractivity contribution in [3.05, 3.63) is 48.0 Å². The molecular weight excluding hydrogens is 418 g/mol. The van der Waals surface area contributed by atoms with Gasteiger partial charge in [0, 0.05) is 13.1 Å². The number of aromatic nitrogens is 4. The molecule has 10 heteroatoms. The quantitative estimate of drug-likeness (QED) is 0.493. The third kappa shape index (κ3) is 4.91. The van der Waals surface area contributed by atoms with Gasteiger partial charge in [-0.1, -0.05) is 17.8 Å². The Bertz CT molecular complexity index is 1040. The molecule has 4 rings (SSSR count). The molecule has 0 unspecified atom stereocenters. The predicted octanol–water partition coefficient (Wildman–Crippen LogP) is 2.58. The lowest BCUT2D eigenvalue weighted by Crippen LogP contribution is -2.31. The van der Waals surface area contributed by atoms with Crippen molar-refractivity contribution in [2.75, 3.05) is 32.6 Å². The molecule has 0 saturated carbocycles. The van der Waals surface area contributed by atoms with E-state index in [1.165, 1.54) is 11.8 Å². The lowest BCUT2D eigenvalue weighted by Gasteiger charge is -2.23. The van der Waals surface area contributed by atoms with Crippen molar-refractivity contribution in [2.24, 2.45) is 0 Å². The van der Waals surface area contributed by atoms with Crippen molar-refractivity contribution in [3.8, 4) is 22.9 Å². The van der Waals surface area contributed by atoms with E-state index in [1.54, 1.807) is 16.7 Å². The molecule has 0 N–H and O–H groups in total. The fraction of sp³-hybridized carbons (Fsp3) is 0.333. The second kappa shape index (κ2) is 9.69. The van der Waals surface area contributed by atoms with Gasteiger partial charge in [0.25, 0.3) is 0 Å². The molecule has 2 heterocycles. The average molecular weight is 442 g/mol. The molecule has 31 heavy (non-hydrogen) atoms. The number of benzene rings is 2. The summed E-state index contributed by atoms with van der Waals surface area (Å²) >= 11 is 1.30. The van der Waals surface area contributed by atoms with E-state index in [4.69, 9.17) is 14.2 Å². The van der Waals surface area contributed by atoms with Crippen LogP contribution in [0.4, 0.5) is 0 Å². The Kier molecular flexibility index (Phi) is 6.56. The van der Waals surface area contributed by atoms with Gasteiger partial charge in [0.2, 0.25) is 11.1 Å². The SMILES string of the molecule is CCN(Cc1ccc2c(c1)OCCO2)C(=O)CSc1nnnn1-c1ccc(OC)cc1. The van der Waals surface area contributed by atoms with Gasteiger partial charge in [0.1, 0.15) is 19.0 Å². The molecule has 0 atom stereocenters. The van der Waals surface area contributed by atoms with Gasteiger partial charge in [0.05, 0.1) is 18.6 Å². The number of carbonyl (C=O) groups excluding carboxylic acids is 1. The molecule has 9 nitrogen and oxygen atoms in total. The third-order valence-corrected chi connectivity index (χ3v) is 5.70. The van der Waals surface area contributed by atoms with Crippen LogP contribution in [0.2, 0.25) is 0 Å². The largest absolute Gasteiger partial charge is 0.497 e. The molecule has 0 bridgehead atoms. The van der Waals surface area contributed by atoms with Crippen LogP contribution in [0, 0.1) is 0 Å². The second-order valence-corrected chi connectivity index (χ2v) is 7.69. The Balaban J connectivity index is 1.39. The first-order valence-electron chi connectivity index (χ1n) is 9.90. The number of methoxy groups -OCH3 is 1. The summed E-state index contributed by atoms with van der Waals surface area (Å²) in [6.07, 6.45) is 0. The first-order chi connectivity index (χ1) is 15.2. The summed E-state index contributed by atoms with van der Waals surface area (Å²) in [6.45, 7) is 4.14. The minimum absolute atomic E-state index is 0.00618. The van der Waals surface area contributed by atoms with Crippen LogP contribution in [0.1, 0.15) is 12.5 Å². The number of nitrogens with zero attached hydrogens (tertiary/aromatic N) is 5. The summed E-state index contributed by atoms with van der Waals surface area (Å²) < 4.78 is 18.0. The van der Waals surface area contributed by atoms with Crippen LogP contribution < -0.4 is 14.2 Å². The van der Waals surface area contributed by atoms with Gasteiger partial charge >= 0.3 is 0 Å². The van der Waals surface area contributed by atoms with Crippen molar-refractivity contribution < 1.29 is 19.0 Å². The number of rotatable bonds is 8. The van der Waals surface area contributed by atoms with Crippen molar-refractivity contribution in [2.45, 2.75) is 18.6 Å². The van der Waals surface area contributed by atoms with Crippen LogP contribution in [-0.4, -0.2) is 63.6 Å². The number of amides is 1. The molecule has 1 aliphatic rings. The molecule has 0 fully saturated rings. The lowest BCUT2D eigenvalue weighted by molar-refractivity contribution is -0.128. The number of thioether (sulfide) groups is 1. The van der Waals surface area contributed by atoms with E-state index in [2.05, 4.69) is 15.5 Å². The van der Waals surface area contributed by atoms with Gasteiger partial charge in [-0.15, -0.1) is 5.10 Å². The van der Waals surface area contributed by atoms with Gasteiger partial charge < -0.3 is 19.1 Å². The summed E-state index contributed by atoms with van der Waals surface area (Å²) in [5.74, 6) is 2.45. The predicted molar refractivity (Wildman–Crippen MR) is 115 cm³/mol. The maximum Gasteiger partial charge on any atom is 0.233 e. The number of carbonyl (C=O) groups is 1. The van der Waals surface area contributed by atoms with Crippen LogP contribution in [0.15, 0.2) is 47.6 Å². The van der Waals surface area contributed by atoms with E-state index in [0.29, 0.717) is 31.5 Å². The molecule has 0 radical (unpaired) electrons. The smallest absolute Gasteiger partial charge is 0.233 e. The van der Waals surface area contributed by atoms with E-state index >= 15 is 0 Å². The zero-order valence-electron chi connectivity index (χ0n) is 17.4. The summed E-state index contributed by atoms with van der Waals surface area (Å²) in [5, 5.41) is 12.4. The van der Waals surface area contributed by atoms with Gasteiger partial charge in [-0.05, 0) is 59.3 Å². The van der Waals surface area contributed by atoms with Crippen molar-refractivity contribution in [1.29, 1.82) is 0 Å². The van der Waals surface area contributed by atoms with Gasteiger partial charge in [-0.3, -0.25) is 4.79 Å². The Labute approximate surface area is 184 Å². The number of hydrogen-bond acceptors (Lipinski definition) is 8.